The van der Waals surface area contributed by atoms with Gasteiger partial charge in [0.2, 0.25) is 5.91 Å². The van der Waals surface area contributed by atoms with Crippen LogP contribution < -0.4 is 0 Å². The summed E-state index contributed by atoms with van der Waals surface area (Å²) in [5, 5.41) is 7.11. The maximum absolute atomic E-state index is 13.0. The van der Waals surface area contributed by atoms with Gasteiger partial charge in [-0.25, -0.2) is 0 Å². The summed E-state index contributed by atoms with van der Waals surface area (Å²) in [5.41, 5.74) is 1.68. The van der Waals surface area contributed by atoms with Crippen molar-refractivity contribution >= 4 is 11.8 Å². The Bertz CT molecular complexity index is 847. The highest BCUT2D eigenvalue weighted by atomic mass is 16.2. The highest BCUT2D eigenvalue weighted by Gasteiger charge is 2.49. The lowest BCUT2D eigenvalue weighted by Gasteiger charge is -2.41. The molecule has 7 heteroatoms. The molecular formula is C20H25N5O2. The molecule has 0 bridgehead atoms. The molecule has 1 atom stereocenters. The number of aromatic amines is 1. The van der Waals surface area contributed by atoms with E-state index in [4.69, 9.17) is 0 Å². The molecule has 27 heavy (non-hydrogen) atoms. The van der Waals surface area contributed by atoms with Gasteiger partial charge < -0.3 is 9.80 Å². The molecule has 1 unspecified atom stereocenters. The minimum atomic E-state index is -0.411. The van der Waals surface area contributed by atoms with Crippen LogP contribution in [0.5, 0.6) is 0 Å². The summed E-state index contributed by atoms with van der Waals surface area (Å²) >= 11 is 0. The quantitative estimate of drug-likeness (QED) is 0.903. The standard InChI is InChI=1S/C20H25N5O2/c1-14(2)25-10-3-6-20(19(25)27)7-11-24(13-20)18(26)17-12-16(22-23-17)15-4-8-21-9-5-15/h4-5,8-9,12,14H,3,6-7,10-11,13H2,1-2H3,(H,22,23). The number of nitrogens with one attached hydrogen (secondary N) is 1. The fraction of sp³-hybridized carbons (Fsp3) is 0.500. The van der Waals surface area contributed by atoms with Gasteiger partial charge in [-0.3, -0.25) is 19.7 Å². The molecule has 2 aliphatic heterocycles. The van der Waals surface area contributed by atoms with Crippen molar-refractivity contribution in [3.05, 3.63) is 36.3 Å². The van der Waals surface area contributed by atoms with Crippen molar-refractivity contribution in [2.45, 2.75) is 39.2 Å². The number of pyridine rings is 1. The lowest BCUT2D eigenvalue weighted by Crippen LogP contribution is -2.52. The van der Waals surface area contributed by atoms with Crippen molar-refractivity contribution in [2.75, 3.05) is 19.6 Å². The lowest BCUT2D eigenvalue weighted by molar-refractivity contribution is -0.147. The van der Waals surface area contributed by atoms with Gasteiger partial charge >= 0.3 is 0 Å². The molecule has 4 rings (SSSR count). The van der Waals surface area contributed by atoms with Gasteiger partial charge in [0.05, 0.1) is 11.1 Å². The predicted octanol–water partition coefficient (Wildman–Crippen LogP) is 2.33. The second kappa shape index (κ2) is 6.79. The minimum absolute atomic E-state index is 0.0887. The molecule has 2 aromatic rings. The normalized spacial score (nSPS) is 22.9. The monoisotopic (exact) mass is 367 g/mol. The summed E-state index contributed by atoms with van der Waals surface area (Å²) in [5.74, 6) is 0.121. The zero-order valence-electron chi connectivity index (χ0n) is 15.8. The van der Waals surface area contributed by atoms with E-state index in [1.807, 2.05) is 17.0 Å². The number of likely N-dealkylation sites (tertiary alicyclic amines) is 2. The van der Waals surface area contributed by atoms with Crippen molar-refractivity contribution in [2.24, 2.45) is 5.41 Å². The topological polar surface area (TPSA) is 82.2 Å². The minimum Gasteiger partial charge on any atom is -0.340 e. The molecule has 0 saturated carbocycles. The van der Waals surface area contributed by atoms with E-state index >= 15 is 0 Å². The summed E-state index contributed by atoms with van der Waals surface area (Å²) in [6.07, 6.45) is 6.01. The van der Waals surface area contributed by atoms with Gasteiger partial charge in [-0.05, 0) is 51.3 Å². The predicted molar refractivity (Wildman–Crippen MR) is 101 cm³/mol. The maximum Gasteiger partial charge on any atom is 0.271 e. The molecule has 142 valence electrons. The van der Waals surface area contributed by atoms with Crippen LogP contribution in [0.2, 0.25) is 0 Å². The van der Waals surface area contributed by atoms with Crippen LogP contribution in [0.25, 0.3) is 11.3 Å². The summed E-state index contributed by atoms with van der Waals surface area (Å²) in [4.78, 5) is 33.8. The van der Waals surface area contributed by atoms with Crippen molar-refractivity contribution in [1.29, 1.82) is 0 Å². The molecule has 2 fully saturated rings. The molecule has 4 heterocycles. The molecule has 0 aliphatic carbocycles. The number of hydrogen-bond donors (Lipinski definition) is 1. The molecule has 0 radical (unpaired) electrons. The van der Waals surface area contributed by atoms with Crippen LogP contribution in [0, 0.1) is 5.41 Å². The van der Waals surface area contributed by atoms with E-state index in [9.17, 15) is 9.59 Å². The summed E-state index contributed by atoms with van der Waals surface area (Å²) < 4.78 is 0. The molecule has 7 nitrogen and oxygen atoms in total. The Hall–Kier alpha value is -2.70. The number of nitrogens with zero attached hydrogens (tertiary/aromatic N) is 4. The van der Waals surface area contributed by atoms with Crippen molar-refractivity contribution in [1.82, 2.24) is 25.0 Å². The third-order valence-corrected chi connectivity index (χ3v) is 5.82. The van der Waals surface area contributed by atoms with Crippen LogP contribution in [-0.4, -0.2) is 62.5 Å². The number of carbonyl (C=O) groups excluding carboxylic acids is 2. The maximum atomic E-state index is 13.0. The summed E-state index contributed by atoms with van der Waals surface area (Å²) in [7, 11) is 0. The molecule has 2 aromatic heterocycles. The Morgan fingerprint density at radius 2 is 2.00 bits per heavy atom. The molecule has 2 aliphatic rings. The second-order valence-corrected chi connectivity index (χ2v) is 7.86. The van der Waals surface area contributed by atoms with Crippen LogP contribution in [0.3, 0.4) is 0 Å². The molecule has 2 amide bonds. The van der Waals surface area contributed by atoms with E-state index in [2.05, 4.69) is 29.0 Å². The average molecular weight is 367 g/mol. The highest BCUT2D eigenvalue weighted by Crippen LogP contribution is 2.41. The zero-order valence-corrected chi connectivity index (χ0v) is 15.8. The number of aromatic nitrogens is 3. The van der Waals surface area contributed by atoms with E-state index in [1.165, 1.54) is 0 Å². The molecular weight excluding hydrogens is 342 g/mol. The first-order valence-corrected chi connectivity index (χ1v) is 9.56. The van der Waals surface area contributed by atoms with Gasteiger partial charge in [-0.1, -0.05) is 0 Å². The van der Waals surface area contributed by atoms with Crippen LogP contribution in [0.1, 0.15) is 43.6 Å². The average Bonchev–Trinajstić information content (AvgIpc) is 3.32. The van der Waals surface area contributed by atoms with Gasteiger partial charge in [-0.2, -0.15) is 5.10 Å². The van der Waals surface area contributed by atoms with E-state index in [0.717, 1.165) is 37.1 Å². The summed E-state index contributed by atoms with van der Waals surface area (Å²) in [6.45, 7) is 6.04. The zero-order chi connectivity index (χ0) is 19.0. The first kappa shape index (κ1) is 17.7. The number of piperidine rings is 1. The second-order valence-electron chi connectivity index (χ2n) is 7.86. The van der Waals surface area contributed by atoms with Crippen LogP contribution in [0.4, 0.5) is 0 Å². The SMILES string of the molecule is CC(C)N1CCCC2(CCN(C(=O)c3cc(-c4ccncc4)n[nH]3)C2)C1=O. The molecule has 1 N–H and O–H groups in total. The first-order chi connectivity index (χ1) is 13.0. The number of H-pyrrole nitrogens is 1. The smallest absolute Gasteiger partial charge is 0.271 e. The largest absolute Gasteiger partial charge is 0.340 e. The van der Waals surface area contributed by atoms with E-state index in [1.54, 1.807) is 23.4 Å². The third-order valence-electron chi connectivity index (χ3n) is 5.82. The number of carbonyl (C=O) groups is 2. The number of amides is 2. The van der Waals surface area contributed by atoms with Crippen molar-refractivity contribution in [3.8, 4) is 11.3 Å². The highest BCUT2D eigenvalue weighted by molar-refractivity contribution is 5.95. The Morgan fingerprint density at radius 3 is 2.74 bits per heavy atom. The van der Waals surface area contributed by atoms with Crippen LogP contribution in [0.15, 0.2) is 30.6 Å². The Balaban J connectivity index is 1.50. The number of rotatable bonds is 3. The number of hydrogen-bond acceptors (Lipinski definition) is 4. The Labute approximate surface area is 158 Å². The van der Waals surface area contributed by atoms with E-state index in [0.29, 0.717) is 18.8 Å². The van der Waals surface area contributed by atoms with Gasteiger partial charge in [0.1, 0.15) is 5.69 Å². The van der Waals surface area contributed by atoms with Crippen molar-refractivity contribution in [3.63, 3.8) is 0 Å². The fourth-order valence-electron chi connectivity index (χ4n) is 4.29. The molecule has 2 saturated heterocycles. The first-order valence-electron chi connectivity index (χ1n) is 9.56. The lowest BCUT2D eigenvalue weighted by atomic mass is 9.78. The van der Waals surface area contributed by atoms with Gasteiger partial charge in [0.15, 0.2) is 0 Å². The van der Waals surface area contributed by atoms with Crippen molar-refractivity contribution < 1.29 is 9.59 Å². The molecule has 1 spiro atoms. The van der Waals surface area contributed by atoms with Crippen LogP contribution >= 0.6 is 0 Å². The fourth-order valence-corrected chi connectivity index (χ4v) is 4.29. The molecule has 0 aromatic carbocycles. The Kier molecular flexibility index (Phi) is 4.45. The van der Waals surface area contributed by atoms with Gasteiger partial charge in [0, 0.05) is 43.6 Å². The van der Waals surface area contributed by atoms with Gasteiger partial charge in [0.25, 0.3) is 5.91 Å². The van der Waals surface area contributed by atoms with Crippen LogP contribution in [-0.2, 0) is 4.79 Å². The van der Waals surface area contributed by atoms with E-state index < -0.39 is 5.41 Å². The summed E-state index contributed by atoms with van der Waals surface area (Å²) in [6, 6.07) is 5.69. The van der Waals surface area contributed by atoms with Gasteiger partial charge in [-0.15, -0.1) is 0 Å². The Morgan fingerprint density at radius 1 is 1.22 bits per heavy atom. The van der Waals surface area contributed by atoms with E-state index in [-0.39, 0.29) is 17.9 Å². The third kappa shape index (κ3) is 3.11.